The van der Waals surface area contributed by atoms with Crippen LogP contribution < -0.4 is 15.0 Å². The summed E-state index contributed by atoms with van der Waals surface area (Å²) >= 11 is 1.49. The second kappa shape index (κ2) is 10.3. The molecule has 2 aliphatic heterocycles. The van der Waals surface area contributed by atoms with E-state index < -0.39 is 0 Å². The summed E-state index contributed by atoms with van der Waals surface area (Å²) in [5.74, 6) is 0.627. The van der Waals surface area contributed by atoms with Crippen LogP contribution in [0.2, 0.25) is 0 Å². The molecular weight excluding hydrogens is 406 g/mol. The van der Waals surface area contributed by atoms with E-state index in [4.69, 9.17) is 4.74 Å². The lowest BCUT2D eigenvalue weighted by Gasteiger charge is -2.46. The van der Waals surface area contributed by atoms with Crippen LogP contribution in [0.3, 0.4) is 0 Å². The molecule has 0 radical (unpaired) electrons. The maximum Gasteiger partial charge on any atom is 0.255 e. The van der Waals surface area contributed by atoms with Gasteiger partial charge in [0.1, 0.15) is 5.75 Å². The van der Waals surface area contributed by atoms with Crippen molar-refractivity contribution >= 4 is 35.3 Å². The predicted octanol–water partition coefficient (Wildman–Crippen LogP) is 3.83. The summed E-state index contributed by atoms with van der Waals surface area (Å²) in [5.41, 5.74) is 3.59. The van der Waals surface area contributed by atoms with Crippen molar-refractivity contribution in [2.24, 2.45) is 0 Å². The topological polar surface area (TPSA) is 44.8 Å². The average molecular weight is 436 g/mol. The molecule has 1 atom stereocenters. The van der Waals surface area contributed by atoms with Gasteiger partial charge in [-0.3, -0.25) is 9.69 Å². The van der Waals surface area contributed by atoms with Crippen LogP contribution >= 0.6 is 23.7 Å². The number of nitrogens with zero attached hydrogens (tertiary/aromatic N) is 2. The van der Waals surface area contributed by atoms with Crippen LogP contribution in [-0.2, 0) is 6.42 Å². The van der Waals surface area contributed by atoms with Gasteiger partial charge in [-0.15, -0.1) is 23.7 Å². The number of para-hydroxylation sites is 1. The number of hydrogen-bond acceptors (Lipinski definition) is 5. The van der Waals surface area contributed by atoms with Gasteiger partial charge in [0.15, 0.2) is 0 Å². The second-order valence-electron chi connectivity index (χ2n) is 7.63. The Morgan fingerprint density at radius 3 is 2.97 bits per heavy atom. The third-order valence-electron chi connectivity index (χ3n) is 5.89. The standard InChI is InChI=1S/C22H29N3O2S.ClH/c1-27-21-16-28-15-19(21)22(26)23-10-4-5-11-24-12-13-25-18(14-24)9-8-17-6-2-3-7-20(17)25;/h2-3,6-7,15-16,18H,4-5,8-14H2,1H3,(H,23,26);1H. The smallest absolute Gasteiger partial charge is 0.255 e. The first kappa shape index (κ1) is 21.9. The van der Waals surface area contributed by atoms with E-state index in [2.05, 4.69) is 39.4 Å². The number of nitrogens with one attached hydrogen (secondary N) is 1. The Kier molecular flexibility index (Phi) is 7.81. The number of anilines is 1. The first-order valence-electron chi connectivity index (χ1n) is 10.2. The third-order valence-corrected chi connectivity index (χ3v) is 6.61. The van der Waals surface area contributed by atoms with E-state index in [-0.39, 0.29) is 18.3 Å². The van der Waals surface area contributed by atoms with Crippen molar-refractivity contribution < 1.29 is 9.53 Å². The molecule has 1 N–H and O–H groups in total. The molecule has 158 valence electrons. The van der Waals surface area contributed by atoms with Gasteiger partial charge in [0, 0.05) is 48.7 Å². The van der Waals surface area contributed by atoms with Gasteiger partial charge >= 0.3 is 0 Å². The molecule has 29 heavy (non-hydrogen) atoms. The number of carbonyl (C=O) groups is 1. The number of amides is 1. The van der Waals surface area contributed by atoms with E-state index >= 15 is 0 Å². The number of hydrogen-bond donors (Lipinski definition) is 1. The highest BCUT2D eigenvalue weighted by molar-refractivity contribution is 7.08. The van der Waals surface area contributed by atoms with Gasteiger partial charge in [-0.25, -0.2) is 0 Å². The van der Waals surface area contributed by atoms with Gasteiger partial charge in [-0.1, -0.05) is 18.2 Å². The number of thiophene rings is 1. The normalized spacial score (nSPS) is 18.4. The van der Waals surface area contributed by atoms with Gasteiger partial charge in [-0.2, -0.15) is 0 Å². The van der Waals surface area contributed by atoms with Gasteiger partial charge in [-0.05, 0) is 43.9 Å². The van der Waals surface area contributed by atoms with E-state index in [0.29, 0.717) is 23.9 Å². The van der Waals surface area contributed by atoms with E-state index in [0.717, 1.165) is 39.0 Å². The number of unbranched alkanes of at least 4 members (excludes halogenated alkanes) is 1. The van der Waals surface area contributed by atoms with Crippen molar-refractivity contribution in [2.45, 2.75) is 31.7 Å². The van der Waals surface area contributed by atoms with Gasteiger partial charge in [0.25, 0.3) is 5.91 Å². The number of fused-ring (bicyclic) bond motifs is 3. The van der Waals surface area contributed by atoms with Gasteiger partial charge in [0.05, 0.1) is 12.7 Å². The van der Waals surface area contributed by atoms with Crippen LogP contribution in [-0.4, -0.2) is 56.7 Å². The molecule has 1 aromatic heterocycles. The number of halogens is 1. The molecule has 0 saturated carbocycles. The van der Waals surface area contributed by atoms with Crippen molar-refractivity contribution in [2.75, 3.05) is 44.7 Å². The summed E-state index contributed by atoms with van der Waals surface area (Å²) in [5, 5.41) is 6.72. The zero-order valence-corrected chi connectivity index (χ0v) is 18.6. The number of aryl methyl sites for hydroxylation is 1. The molecule has 2 aromatic rings. The van der Waals surface area contributed by atoms with Crippen molar-refractivity contribution in [3.8, 4) is 5.75 Å². The maximum absolute atomic E-state index is 12.2. The van der Waals surface area contributed by atoms with Crippen LogP contribution in [0.5, 0.6) is 5.75 Å². The molecule has 3 heterocycles. The molecule has 4 rings (SSSR count). The SMILES string of the molecule is COc1cscc1C(=O)NCCCCN1CCN2c3ccccc3CCC2C1.Cl. The third kappa shape index (κ3) is 5.05. The lowest BCUT2D eigenvalue weighted by Crippen LogP contribution is -2.55. The van der Waals surface area contributed by atoms with E-state index in [1.807, 2.05) is 10.8 Å². The van der Waals surface area contributed by atoms with Crippen LogP contribution in [0.15, 0.2) is 35.0 Å². The van der Waals surface area contributed by atoms with Crippen LogP contribution in [0.1, 0.15) is 35.2 Å². The monoisotopic (exact) mass is 435 g/mol. The quantitative estimate of drug-likeness (QED) is 0.671. The van der Waals surface area contributed by atoms with Gasteiger partial charge in [0.2, 0.25) is 0 Å². The number of rotatable bonds is 7. The highest BCUT2D eigenvalue weighted by atomic mass is 35.5. The molecule has 1 saturated heterocycles. The Morgan fingerprint density at radius 1 is 1.24 bits per heavy atom. The zero-order chi connectivity index (χ0) is 19.3. The largest absolute Gasteiger partial charge is 0.495 e. The summed E-state index contributed by atoms with van der Waals surface area (Å²) in [4.78, 5) is 17.4. The van der Waals surface area contributed by atoms with Crippen molar-refractivity contribution in [3.63, 3.8) is 0 Å². The fourth-order valence-corrected chi connectivity index (χ4v) is 5.15. The minimum atomic E-state index is -0.0346. The number of piperazine rings is 1. The molecule has 0 spiro atoms. The molecule has 7 heteroatoms. The lowest BCUT2D eigenvalue weighted by atomic mass is 9.94. The molecule has 5 nitrogen and oxygen atoms in total. The molecule has 0 bridgehead atoms. The van der Waals surface area contributed by atoms with E-state index in [9.17, 15) is 4.79 Å². The summed E-state index contributed by atoms with van der Waals surface area (Å²) in [6.07, 6.45) is 4.57. The van der Waals surface area contributed by atoms with Crippen molar-refractivity contribution in [1.82, 2.24) is 10.2 Å². The summed E-state index contributed by atoms with van der Waals surface area (Å²) in [6.45, 7) is 5.24. The molecule has 1 fully saturated rings. The molecule has 2 aliphatic rings. The Morgan fingerprint density at radius 2 is 2.10 bits per heavy atom. The Hall–Kier alpha value is -1.76. The first-order chi connectivity index (χ1) is 13.8. The summed E-state index contributed by atoms with van der Waals surface area (Å²) < 4.78 is 5.22. The van der Waals surface area contributed by atoms with Crippen LogP contribution in [0.4, 0.5) is 5.69 Å². The second-order valence-corrected chi connectivity index (χ2v) is 8.38. The van der Waals surface area contributed by atoms with E-state index in [1.165, 1.54) is 35.4 Å². The number of carbonyl (C=O) groups excluding carboxylic acids is 1. The Bertz CT molecular complexity index is 813. The minimum absolute atomic E-state index is 0. The lowest BCUT2D eigenvalue weighted by molar-refractivity contribution is 0.0950. The number of ether oxygens (including phenoxy) is 1. The van der Waals surface area contributed by atoms with Crippen molar-refractivity contribution in [3.05, 3.63) is 46.2 Å². The van der Waals surface area contributed by atoms with Gasteiger partial charge < -0.3 is 15.0 Å². The molecule has 1 unspecified atom stereocenters. The highest BCUT2D eigenvalue weighted by Gasteiger charge is 2.30. The van der Waals surface area contributed by atoms with E-state index in [1.54, 1.807) is 7.11 Å². The molecule has 1 aromatic carbocycles. The van der Waals surface area contributed by atoms with Crippen LogP contribution in [0, 0.1) is 0 Å². The zero-order valence-electron chi connectivity index (χ0n) is 16.9. The fourth-order valence-electron chi connectivity index (χ4n) is 4.38. The summed E-state index contributed by atoms with van der Waals surface area (Å²) in [7, 11) is 1.60. The highest BCUT2D eigenvalue weighted by Crippen LogP contribution is 2.32. The number of benzene rings is 1. The Labute approximate surface area is 183 Å². The number of methoxy groups -OCH3 is 1. The first-order valence-corrected chi connectivity index (χ1v) is 11.2. The van der Waals surface area contributed by atoms with Crippen LogP contribution in [0.25, 0.3) is 0 Å². The maximum atomic E-state index is 12.2. The Balaban J connectivity index is 0.00000240. The summed E-state index contributed by atoms with van der Waals surface area (Å²) in [6, 6.07) is 9.52. The minimum Gasteiger partial charge on any atom is -0.495 e. The molecule has 1 amide bonds. The van der Waals surface area contributed by atoms with Crippen molar-refractivity contribution in [1.29, 1.82) is 0 Å². The predicted molar refractivity (Wildman–Crippen MR) is 122 cm³/mol. The average Bonchev–Trinajstić information content (AvgIpc) is 3.22. The molecule has 0 aliphatic carbocycles. The molecular formula is C22H30ClN3O2S. The fraction of sp³-hybridized carbons (Fsp3) is 0.500.